The second kappa shape index (κ2) is 8.91. The lowest BCUT2D eigenvalue weighted by atomic mass is 9.86. The maximum atomic E-state index is 12.9. The molecule has 0 unspecified atom stereocenters. The van der Waals surface area contributed by atoms with Crippen molar-refractivity contribution in [3.05, 3.63) is 34.6 Å². The van der Waals surface area contributed by atoms with Gasteiger partial charge in [0.05, 0.1) is 16.2 Å². The summed E-state index contributed by atoms with van der Waals surface area (Å²) < 4.78 is 1.71. The lowest BCUT2D eigenvalue weighted by Gasteiger charge is -2.30. The molecular weight excluding hydrogens is 358 g/mol. The van der Waals surface area contributed by atoms with Crippen LogP contribution in [0.25, 0.3) is 10.9 Å². The van der Waals surface area contributed by atoms with E-state index in [9.17, 15) is 9.59 Å². The SMILES string of the molecule is CCCn1c(S[C@H](C)C(=O)N[C@H]2CCCC[C@@H]2C)nc2ccccc2c1=O. The minimum Gasteiger partial charge on any atom is -0.352 e. The maximum absolute atomic E-state index is 12.9. The monoisotopic (exact) mass is 387 g/mol. The fourth-order valence-corrected chi connectivity index (χ4v) is 4.64. The van der Waals surface area contributed by atoms with E-state index in [1.807, 2.05) is 38.1 Å². The summed E-state index contributed by atoms with van der Waals surface area (Å²) in [6.45, 7) is 6.75. The molecule has 0 radical (unpaired) electrons. The van der Waals surface area contributed by atoms with Crippen molar-refractivity contribution in [1.82, 2.24) is 14.9 Å². The minimum absolute atomic E-state index is 0.0292. The van der Waals surface area contributed by atoms with Crippen LogP contribution in [0.1, 0.15) is 52.9 Å². The molecule has 0 aliphatic heterocycles. The predicted octanol–water partition coefficient (Wildman–Crippen LogP) is 3.98. The Morgan fingerprint density at radius 2 is 2.07 bits per heavy atom. The van der Waals surface area contributed by atoms with Crippen molar-refractivity contribution in [2.24, 2.45) is 5.92 Å². The molecule has 1 aromatic carbocycles. The highest BCUT2D eigenvalue weighted by Gasteiger charge is 2.26. The van der Waals surface area contributed by atoms with Gasteiger partial charge in [-0.25, -0.2) is 4.98 Å². The first-order valence-electron chi connectivity index (χ1n) is 9.98. The third-order valence-corrected chi connectivity index (χ3v) is 6.45. The molecule has 27 heavy (non-hydrogen) atoms. The Labute approximate surface area is 164 Å². The van der Waals surface area contributed by atoms with Crippen molar-refractivity contribution < 1.29 is 4.79 Å². The summed E-state index contributed by atoms with van der Waals surface area (Å²) in [4.78, 5) is 30.3. The first kappa shape index (κ1) is 19.9. The van der Waals surface area contributed by atoms with E-state index in [1.165, 1.54) is 31.0 Å². The van der Waals surface area contributed by atoms with Crippen molar-refractivity contribution in [3.8, 4) is 0 Å². The molecule has 1 heterocycles. The van der Waals surface area contributed by atoms with Crippen molar-refractivity contribution >= 4 is 28.6 Å². The third-order valence-electron chi connectivity index (χ3n) is 5.36. The zero-order chi connectivity index (χ0) is 19.4. The van der Waals surface area contributed by atoms with Crippen LogP contribution in [-0.4, -0.2) is 26.8 Å². The number of amides is 1. The van der Waals surface area contributed by atoms with Gasteiger partial charge in [-0.05, 0) is 44.2 Å². The second-order valence-electron chi connectivity index (χ2n) is 7.51. The van der Waals surface area contributed by atoms with Gasteiger partial charge in [-0.1, -0.05) is 50.6 Å². The number of nitrogens with one attached hydrogen (secondary N) is 1. The van der Waals surface area contributed by atoms with Gasteiger partial charge in [-0.2, -0.15) is 0 Å². The van der Waals surface area contributed by atoms with Gasteiger partial charge in [0, 0.05) is 12.6 Å². The van der Waals surface area contributed by atoms with Crippen LogP contribution < -0.4 is 10.9 Å². The lowest BCUT2D eigenvalue weighted by Crippen LogP contribution is -2.44. The molecule has 3 rings (SSSR count). The van der Waals surface area contributed by atoms with Gasteiger partial charge in [-0.15, -0.1) is 0 Å². The van der Waals surface area contributed by atoms with Crippen LogP contribution in [-0.2, 0) is 11.3 Å². The summed E-state index contributed by atoms with van der Waals surface area (Å²) in [5.41, 5.74) is 0.657. The van der Waals surface area contributed by atoms with Crippen molar-refractivity contribution in [2.75, 3.05) is 0 Å². The molecule has 3 atom stereocenters. The fraction of sp³-hybridized carbons (Fsp3) is 0.571. The average Bonchev–Trinajstić information content (AvgIpc) is 2.66. The molecule has 1 aliphatic rings. The molecule has 1 N–H and O–H groups in total. The van der Waals surface area contributed by atoms with Crippen LogP contribution in [0, 0.1) is 5.92 Å². The van der Waals surface area contributed by atoms with Crippen molar-refractivity contribution in [2.45, 2.75) is 75.9 Å². The number of carbonyl (C=O) groups is 1. The van der Waals surface area contributed by atoms with Crippen LogP contribution in [0.5, 0.6) is 0 Å². The quantitative estimate of drug-likeness (QED) is 0.601. The molecule has 1 aromatic heterocycles. The first-order chi connectivity index (χ1) is 13.0. The number of thioether (sulfide) groups is 1. The number of hydrogen-bond acceptors (Lipinski definition) is 4. The van der Waals surface area contributed by atoms with Crippen LogP contribution >= 0.6 is 11.8 Å². The maximum Gasteiger partial charge on any atom is 0.262 e. The second-order valence-corrected chi connectivity index (χ2v) is 8.81. The largest absolute Gasteiger partial charge is 0.352 e. The van der Waals surface area contributed by atoms with E-state index >= 15 is 0 Å². The van der Waals surface area contributed by atoms with Crippen LogP contribution in [0.3, 0.4) is 0 Å². The van der Waals surface area contributed by atoms with E-state index in [1.54, 1.807) is 4.57 Å². The Hall–Kier alpha value is -1.82. The number of aromatic nitrogens is 2. The zero-order valence-electron chi connectivity index (χ0n) is 16.4. The highest BCUT2D eigenvalue weighted by molar-refractivity contribution is 8.00. The number of para-hydroxylation sites is 1. The van der Waals surface area contributed by atoms with Crippen LogP contribution in [0.15, 0.2) is 34.2 Å². The molecule has 0 spiro atoms. The van der Waals surface area contributed by atoms with Gasteiger partial charge in [0.15, 0.2) is 5.16 Å². The van der Waals surface area contributed by atoms with Gasteiger partial charge < -0.3 is 5.32 Å². The molecule has 0 bridgehead atoms. The Kier molecular flexibility index (Phi) is 6.58. The molecule has 6 heteroatoms. The van der Waals surface area contributed by atoms with Gasteiger partial charge in [-0.3, -0.25) is 14.2 Å². The number of carbonyl (C=O) groups excluding carboxylic acids is 1. The van der Waals surface area contributed by atoms with Gasteiger partial charge in [0.1, 0.15) is 0 Å². The highest BCUT2D eigenvalue weighted by Crippen LogP contribution is 2.26. The Balaban J connectivity index is 1.81. The van der Waals surface area contributed by atoms with E-state index < -0.39 is 0 Å². The smallest absolute Gasteiger partial charge is 0.262 e. The fourth-order valence-electron chi connectivity index (χ4n) is 3.70. The predicted molar refractivity (Wildman–Crippen MR) is 111 cm³/mol. The first-order valence-corrected chi connectivity index (χ1v) is 10.9. The van der Waals surface area contributed by atoms with Crippen LogP contribution in [0.2, 0.25) is 0 Å². The van der Waals surface area contributed by atoms with Gasteiger partial charge in [0.25, 0.3) is 5.56 Å². The lowest BCUT2D eigenvalue weighted by molar-refractivity contribution is -0.121. The molecule has 1 aliphatic carbocycles. The summed E-state index contributed by atoms with van der Waals surface area (Å²) in [7, 11) is 0. The minimum atomic E-state index is -0.296. The normalized spacial score (nSPS) is 21.1. The Morgan fingerprint density at radius 3 is 2.81 bits per heavy atom. The summed E-state index contributed by atoms with van der Waals surface area (Å²) in [5.74, 6) is 0.557. The van der Waals surface area contributed by atoms with Gasteiger partial charge >= 0.3 is 0 Å². The summed E-state index contributed by atoms with van der Waals surface area (Å²) in [6, 6.07) is 7.66. The molecule has 2 aromatic rings. The summed E-state index contributed by atoms with van der Waals surface area (Å²) in [5, 5.41) is 4.17. The van der Waals surface area contributed by atoms with E-state index in [4.69, 9.17) is 0 Å². The molecule has 1 amide bonds. The molecule has 0 saturated heterocycles. The van der Waals surface area contributed by atoms with Crippen molar-refractivity contribution in [3.63, 3.8) is 0 Å². The number of benzene rings is 1. The summed E-state index contributed by atoms with van der Waals surface area (Å²) in [6.07, 6.45) is 5.50. The molecule has 5 nitrogen and oxygen atoms in total. The third kappa shape index (κ3) is 4.54. The number of hydrogen-bond donors (Lipinski definition) is 1. The number of nitrogens with zero attached hydrogens (tertiary/aromatic N) is 2. The number of fused-ring (bicyclic) bond motifs is 1. The Bertz CT molecular complexity index is 864. The van der Waals surface area contributed by atoms with E-state index in [-0.39, 0.29) is 22.8 Å². The van der Waals surface area contributed by atoms with Crippen molar-refractivity contribution in [1.29, 1.82) is 0 Å². The molecule has 1 fully saturated rings. The Morgan fingerprint density at radius 1 is 1.33 bits per heavy atom. The zero-order valence-corrected chi connectivity index (χ0v) is 17.2. The topological polar surface area (TPSA) is 64.0 Å². The van der Waals surface area contributed by atoms with E-state index in [0.717, 1.165) is 12.8 Å². The number of rotatable bonds is 6. The van der Waals surface area contributed by atoms with Crippen LogP contribution in [0.4, 0.5) is 0 Å². The molecular formula is C21H29N3O2S. The summed E-state index contributed by atoms with van der Waals surface area (Å²) >= 11 is 1.38. The molecule has 1 saturated carbocycles. The molecule has 146 valence electrons. The highest BCUT2D eigenvalue weighted by atomic mass is 32.2. The van der Waals surface area contributed by atoms with Gasteiger partial charge in [0.2, 0.25) is 5.91 Å². The standard InChI is InChI=1S/C21H29N3O2S/c1-4-13-24-20(26)16-10-6-8-12-18(16)23-21(24)27-15(3)19(25)22-17-11-7-5-9-14(17)2/h6,8,10,12,14-15,17H,4-5,7,9,11,13H2,1-3H3,(H,22,25)/t14-,15+,17-/m0/s1. The average molecular weight is 388 g/mol. The van der Waals surface area contributed by atoms with E-state index in [0.29, 0.717) is 28.5 Å². The van der Waals surface area contributed by atoms with E-state index in [2.05, 4.69) is 17.2 Å².